The third-order valence-corrected chi connectivity index (χ3v) is 5.47. The van der Waals surface area contributed by atoms with Crippen molar-refractivity contribution in [2.24, 2.45) is 0 Å². The maximum atomic E-state index is 13.4. The third kappa shape index (κ3) is 3.20. The molecule has 20 heavy (non-hydrogen) atoms. The van der Waals surface area contributed by atoms with Crippen LogP contribution < -0.4 is 4.72 Å². The molecule has 2 rings (SSSR count). The Morgan fingerprint density at radius 3 is 2.85 bits per heavy atom. The highest BCUT2D eigenvalue weighted by atomic mass is 79.9. The molecule has 1 heterocycles. The first-order valence-electron chi connectivity index (χ1n) is 6.03. The van der Waals surface area contributed by atoms with Gasteiger partial charge >= 0.3 is 0 Å². The van der Waals surface area contributed by atoms with Crippen molar-refractivity contribution < 1.29 is 22.7 Å². The van der Waals surface area contributed by atoms with E-state index in [4.69, 9.17) is 4.74 Å². The van der Waals surface area contributed by atoms with Crippen LogP contribution in [0.3, 0.4) is 0 Å². The van der Waals surface area contributed by atoms with Gasteiger partial charge in [0.1, 0.15) is 11.4 Å². The molecule has 1 aromatic rings. The Kier molecular flexibility index (Phi) is 4.50. The van der Waals surface area contributed by atoms with Gasteiger partial charge in [0.05, 0.1) is 15.5 Å². The molecule has 112 valence electrons. The minimum atomic E-state index is -3.87. The number of ether oxygens (including phenoxy) is 1. The summed E-state index contributed by atoms with van der Waals surface area (Å²) in [6.07, 6.45) is -0.0994. The molecule has 0 saturated carbocycles. The van der Waals surface area contributed by atoms with Crippen molar-refractivity contribution in [3.05, 3.63) is 28.5 Å². The summed E-state index contributed by atoms with van der Waals surface area (Å²) in [5.74, 6) is -0.663. The van der Waals surface area contributed by atoms with E-state index >= 15 is 0 Å². The van der Waals surface area contributed by atoms with Crippen molar-refractivity contribution in [3.8, 4) is 0 Å². The normalized spacial score (nSPS) is 26.9. The van der Waals surface area contributed by atoms with Crippen molar-refractivity contribution in [1.82, 2.24) is 4.72 Å². The van der Waals surface area contributed by atoms with Gasteiger partial charge in [0.2, 0.25) is 10.0 Å². The zero-order chi connectivity index (χ0) is 15.0. The highest BCUT2D eigenvalue weighted by Crippen LogP contribution is 2.25. The summed E-state index contributed by atoms with van der Waals surface area (Å²) in [4.78, 5) is -0.187. The Bertz CT molecular complexity index is 609. The van der Waals surface area contributed by atoms with Crippen molar-refractivity contribution in [2.75, 3.05) is 13.2 Å². The highest BCUT2D eigenvalue weighted by molar-refractivity contribution is 9.10. The van der Waals surface area contributed by atoms with E-state index < -0.39 is 27.5 Å². The first kappa shape index (κ1) is 15.8. The van der Waals surface area contributed by atoms with Crippen LogP contribution in [0.4, 0.5) is 4.39 Å². The summed E-state index contributed by atoms with van der Waals surface area (Å²) in [6.45, 7) is 1.89. The molecule has 5 nitrogen and oxygen atoms in total. The Balaban J connectivity index is 2.13. The van der Waals surface area contributed by atoms with E-state index in [1.54, 1.807) is 6.92 Å². The van der Waals surface area contributed by atoms with Crippen molar-refractivity contribution >= 4 is 26.0 Å². The van der Waals surface area contributed by atoms with Gasteiger partial charge in [-0.15, -0.1) is 0 Å². The predicted octanol–water partition coefficient (Wildman–Crippen LogP) is 1.41. The lowest BCUT2D eigenvalue weighted by molar-refractivity contribution is -0.0228. The number of benzene rings is 1. The number of rotatable bonds is 4. The summed E-state index contributed by atoms with van der Waals surface area (Å²) in [6, 6.07) is 3.53. The Labute approximate surface area is 125 Å². The molecule has 0 aliphatic carbocycles. The number of hydrogen-bond acceptors (Lipinski definition) is 4. The molecule has 0 amide bonds. The van der Waals surface area contributed by atoms with Crippen molar-refractivity contribution in [2.45, 2.75) is 29.9 Å². The average molecular weight is 368 g/mol. The summed E-state index contributed by atoms with van der Waals surface area (Å²) in [5.41, 5.74) is -1.24. The van der Waals surface area contributed by atoms with Gasteiger partial charge < -0.3 is 9.84 Å². The first-order valence-corrected chi connectivity index (χ1v) is 8.31. The number of aliphatic hydroxyl groups is 1. The molecule has 1 aliphatic heterocycles. The van der Waals surface area contributed by atoms with E-state index in [-0.39, 0.29) is 15.9 Å². The average Bonchev–Trinajstić information content (AvgIpc) is 2.71. The topological polar surface area (TPSA) is 75.6 Å². The van der Waals surface area contributed by atoms with E-state index in [9.17, 15) is 17.9 Å². The molecule has 2 unspecified atom stereocenters. The monoisotopic (exact) mass is 367 g/mol. The van der Waals surface area contributed by atoms with E-state index in [1.807, 2.05) is 0 Å². The number of halogens is 2. The van der Waals surface area contributed by atoms with Crippen LogP contribution in [0, 0.1) is 5.82 Å². The highest BCUT2D eigenvalue weighted by Gasteiger charge is 2.40. The Hall–Kier alpha value is -0.540. The molecule has 0 radical (unpaired) electrons. The first-order chi connectivity index (χ1) is 9.24. The molecule has 8 heteroatoms. The SMILES string of the molecule is CC1OCCC1(O)CNS(=O)(=O)c1ccc(Br)c(F)c1. The van der Waals surface area contributed by atoms with Crippen LogP contribution in [0.1, 0.15) is 13.3 Å². The Morgan fingerprint density at radius 1 is 1.60 bits per heavy atom. The van der Waals surface area contributed by atoms with E-state index in [0.717, 1.165) is 6.07 Å². The maximum absolute atomic E-state index is 13.4. The van der Waals surface area contributed by atoms with Gasteiger partial charge in [-0.05, 0) is 41.1 Å². The molecule has 1 fully saturated rings. The van der Waals surface area contributed by atoms with Crippen LogP contribution in [0.25, 0.3) is 0 Å². The minimum absolute atomic E-state index is 0.172. The molecule has 0 bridgehead atoms. The quantitative estimate of drug-likeness (QED) is 0.843. The van der Waals surface area contributed by atoms with E-state index in [2.05, 4.69) is 20.7 Å². The molecule has 2 atom stereocenters. The van der Waals surface area contributed by atoms with Gasteiger partial charge in [0.15, 0.2) is 0 Å². The van der Waals surface area contributed by atoms with Crippen LogP contribution in [0.15, 0.2) is 27.6 Å². The maximum Gasteiger partial charge on any atom is 0.240 e. The molecular formula is C12H15BrFNO4S. The number of hydrogen-bond donors (Lipinski definition) is 2. The second-order valence-corrected chi connectivity index (χ2v) is 7.39. The summed E-state index contributed by atoms with van der Waals surface area (Å²) in [5, 5.41) is 10.2. The number of nitrogens with one attached hydrogen (secondary N) is 1. The zero-order valence-corrected chi connectivity index (χ0v) is 13.2. The van der Waals surface area contributed by atoms with Crippen molar-refractivity contribution in [3.63, 3.8) is 0 Å². The lowest BCUT2D eigenvalue weighted by Gasteiger charge is -2.26. The second-order valence-electron chi connectivity index (χ2n) is 4.77. The standard InChI is InChI=1S/C12H15BrFNO4S/c1-8-12(16,4-5-19-8)7-15-20(17,18)9-2-3-10(13)11(14)6-9/h2-3,6,8,15-16H,4-5,7H2,1H3. The number of sulfonamides is 1. The molecule has 0 spiro atoms. The minimum Gasteiger partial charge on any atom is -0.386 e. The molecular weight excluding hydrogens is 353 g/mol. The van der Waals surface area contributed by atoms with E-state index in [0.29, 0.717) is 13.0 Å². The van der Waals surface area contributed by atoms with Gasteiger partial charge in [-0.3, -0.25) is 0 Å². The summed E-state index contributed by atoms with van der Waals surface area (Å²) < 4.78 is 45.2. The fourth-order valence-corrected chi connectivity index (χ4v) is 3.31. The largest absolute Gasteiger partial charge is 0.386 e. The molecule has 1 aliphatic rings. The van der Waals surface area contributed by atoms with Crippen LogP contribution in [-0.4, -0.2) is 38.4 Å². The van der Waals surface area contributed by atoms with E-state index in [1.165, 1.54) is 12.1 Å². The van der Waals surface area contributed by atoms with Gasteiger partial charge in [-0.25, -0.2) is 17.5 Å². The van der Waals surface area contributed by atoms with Gasteiger partial charge in [-0.2, -0.15) is 0 Å². The Morgan fingerprint density at radius 2 is 2.30 bits per heavy atom. The smallest absolute Gasteiger partial charge is 0.240 e. The summed E-state index contributed by atoms with van der Waals surface area (Å²) >= 11 is 2.96. The van der Waals surface area contributed by atoms with Crippen LogP contribution >= 0.6 is 15.9 Å². The molecule has 2 N–H and O–H groups in total. The van der Waals surface area contributed by atoms with Gasteiger partial charge in [0.25, 0.3) is 0 Å². The van der Waals surface area contributed by atoms with Gasteiger partial charge in [0, 0.05) is 19.6 Å². The van der Waals surface area contributed by atoms with Crippen LogP contribution in [0.5, 0.6) is 0 Å². The zero-order valence-electron chi connectivity index (χ0n) is 10.8. The van der Waals surface area contributed by atoms with Crippen LogP contribution in [0.2, 0.25) is 0 Å². The lowest BCUT2D eigenvalue weighted by Crippen LogP contribution is -2.47. The lowest BCUT2D eigenvalue weighted by atomic mass is 9.97. The fourth-order valence-electron chi connectivity index (χ4n) is 1.95. The summed E-state index contributed by atoms with van der Waals surface area (Å²) in [7, 11) is -3.87. The van der Waals surface area contributed by atoms with Crippen molar-refractivity contribution in [1.29, 1.82) is 0 Å². The van der Waals surface area contributed by atoms with Crippen LogP contribution in [-0.2, 0) is 14.8 Å². The van der Waals surface area contributed by atoms with Gasteiger partial charge in [-0.1, -0.05) is 0 Å². The molecule has 1 saturated heterocycles. The molecule has 1 aromatic carbocycles. The third-order valence-electron chi connectivity index (χ3n) is 3.43. The fraction of sp³-hybridized carbons (Fsp3) is 0.500. The second kappa shape index (κ2) is 5.69. The predicted molar refractivity (Wildman–Crippen MR) is 74.3 cm³/mol. The molecule has 0 aromatic heterocycles.